The molecular formula is C23H27N3O5. The van der Waals surface area contributed by atoms with Crippen LogP contribution in [0.3, 0.4) is 0 Å². The fraction of sp³-hybridized carbons (Fsp3) is 0.348. The number of carbonyl (C=O) groups excluding carboxylic acids is 3. The third-order valence-electron chi connectivity index (χ3n) is 5.09. The van der Waals surface area contributed by atoms with Gasteiger partial charge in [0.2, 0.25) is 11.8 Å². The van der Waals surface area contributed by atoms with Crippen molar-refractivity contribution in [2.24, 2.45) is 0 Å². The lowest BCUT2D eigenvalue weighted by Crippen LogP contribution is -2.56. The van der Waals surface area contributed by atoms with Crippen molar-refractivity contribution in [2.75, 3.05) is 33.8 Å². The van der Waals surface area contributed by atoms with E-state index in [9.17, 15) is 14.4 Å². The van der Waals surface area contributed by atoms with Crippen LogP contribution in [0, 0.1) is 0 Å². The molecule has 2 aromatic rings. The topological polar surface area (TPSA) is 88.2 Å². The smallest absolute Gasteiger partial charge is 0.325 e. The van der Waals surface area contributed by atoms with E-state index in [1.807, 2.05) is 59.5 Å². The first-order valence-corrected chi connectivity index (χ1v) is 10.1. The summed E-state index contributed by atoms with van der Waals surface area (Å²) in [7, 11) is 2.79. The van der Waals surface area contributed by atoms with E-state index in [2.05, 4.69) is 10.1 Å². The number of nitrogens with one attached hydrogen (secondary N) is 1. The lowest BCUT2D eigenvalue weighted by atomic mass is 10.1. The summed E-state index contributed by atoms with van der Waals surface area (Å²) in [6.45, 7) is 1.48. The Hall–Kier alpha value is -3.39. The molecule has 1 aliphatic heterocycles. The van der Waals surface area contributed by atoms with Crippen molar-refractivity contribution in [3.63, 3.8) is 0 Å². The minimum atomic E-state index is -0.611. The molecule has 2 amide bonds. The van der Waals surface area contributed by atoms with Crippen molar-refractivity contribution in [3.8, 4) is 11.5 Å². The van der Waals surface area contributed by atoms with Crippen LogP contribution < -0.4 is 10.1 Å². The molecule has 1 saturated heterocycles. The molecule has 0 spiro atoms. The second-order valence-corrected chi connectivity index (χ2v) is 7.37. The summed E-state index contributed by atoms with van der Waals surface area (Å²) in [6.07, 6.45) is -0.0144. The molecule has 1 atom stereocenters. The molecule has 1 N–H and O–H groups in total. The molecule has 0 saturated carbocycles. The van der Waals surface area contributed by atoms with Crippen LogP contribution in [0.15, 0.2) is 54.6 Å². The summed E-state index contributed by atoms with van der Waals surface area (Å²) in [5.74, 6) is 0.460. The molecule has 0 aromatic heterocycles. The molecule has 8 nitrogen and oxygen atoms in total. The van der Waals surface area contributed by atoms with E-state index in [1.54, 1.807) is 0 Å². The van der Waals surface area contributed by atoms with E-state index in [-0.39, 0.29) is 24.8 Å². The predicted octanol–water partition coefficient (Wildman–Crippen LogP) is 1.80. The van der Waals surface area contributed by atoms with Gasteiger partial charge in [0, 0.05) is 26.7 Å². The van der Waals surface area contributed by atoms with Crippen LogP contribution in [-0.2, 0) is 25.7 Å². The summed E-state index contributed by atoms with van der Waals surface area (Å²) in [5, 5.41) is 2.82. The molecule has 1 heterocycles. The highest BCUT2D eigenvalue weighted by atomic mass is 16.5. The SMILES string of the molecule is COC(=O)CN(C)C(=O)CC1C(=O)NCCN1Cc1cccc(Oc2ccccc2)c1. The van der Waals surface area contributed by atoms with Crippen LogP contribution in [-0.4, -0.2) is 67.4 Å². The van der Waals surface area contributed by atoms with E-state index >= 15 is 0 Å². The first-order chi connectivity index (χ1) is 15.0. The standard InChI is InChI=1S/C23H27N3O5/c1-25(16-22(28)30-2)21(27)14-20-23(29)24-11-12-26(20)15-17-7-6-10-19(13-17)31-18-8-4-3-5-9-18/h3-10,13,20H,11-12,14-16H2,1-2H3,(H,24,29). The molecule has 164 valence electrons. The van der Waals surface area contributed by atoms with Gasteiger partial charge in [-0.25, -0.2) is 0 Å². The Morgan fingerprint density at radius 2 is 1.87 bits per heavy atom. The van der Waals surface area contributed by atoms with Crippen molar-refractivity contribution in [1.29, 1.82) is 0 Å². The van der Waals surface area contributed by atoms with Gasteiger partial charge in [-0.1, -0.05) is 30.3 Å². The zero-order valence-electron chi connectivity index (χ0n) is 17.7. The molecule has 0 radical (unpaired) electrons. The molecule has 1 unspecified atom stereocenters. The van der Waals surface area contributed by atoms with Crippen molar-refractivity contribution in [1.82, 2.24) is 15.1 Å². The summed E-state index contributed by atoms with van der Waals surface area (Å²) in [4.78, 5) is 39.7. The normalized spacial score (nSPS) is 16.3. The number of esters is 1. The number of likely N-dealkylation sites (N-methyl/N-ethyl adjacent to an activating group) is 1. The fourth-order valence-electron chi connectivity index (χ4n) is 3.41. The molecule has 31 heavy (non-hydrogen) atoms. The van der Waals surface area contributed by atoms with Crippen LogP contribution in [0.25, 0.3) is 0 Å². The Morgan fingerprint density at radius 1 is 1.13 bits per heavy atom. The van der Waals surface area contributed by atoms with E-state index in [1.165, 1.54) is 19.1 Å². The van der Waals surface area contributed by atoms with E-state index in [0.29, 0.717) is 25.4 Å². The number of rotatable bonds is 8. The number of benzene rings is 2. The van der Waals surface area contributed by atoms with Gasteiger partial charge in [0.25, 0.3) is 0 Å². The maximum absolute atomic E-state index is 12.6. The first kappa shape index (κ1) is 22.3. The Labute approximate surface area is 181 Å². The minimum absolute atomic E-state index is 0.0144. The summed E-state index contributed by atoms with van der Waals surface area (Å²) < 4.78 is 10.5. The van der Waals surface area contributed by atoms with Gasteiger partial charge in [0.15, 0.2) is 0 Å². The number of ether oxygens (including phenoxy) is 2. The van der Waals surface area contributed by atoms with Gasteiger partial charge in [0.05, 0.1) is 19.6 Å². The van der Waals surface area contributed by atoms with E-state index in [4.69, 9.17) is 4.74 Å². The molecule has 2 aromatic carbocycles. The van der Waals surface area contributed by atoms with Crippen molar-refractivity contribution in [3.05, 3.63) is 60.2 Å². The zero-order valence-corrected chi connectivity index (χ0v) is 17.7. The van der Waals surface area contributed by atoms with Gasteiger partial charge < -0.3 is 19.7 Å². The molecule has 0 aliphatic carbocycles. The third kappa shape index (κ3) is 6.29. The number of methoxy groups -OCH3 is 1. The fourth-order valence-corrected chi connectivity index (χ4v) is 3.41. The van der Waals surface area contributed by atoms with Crippen LogP contribution in [0.4, 0.5) is 0 Å². The monoisotopic (exact) mass is 425 g/mol. The predicted molar refractivity (Wildman–Crippen MR) is 114 cm³/mol. The van der Waals surface area contributed by atoms with E-state index in [0.717, 1.165) is 11.3 Å². The second kappa shape index (κ2) is 10.6. The number of nitrogens with zero attached hydrogens (tertiary/aromatic N) is 2. The number of carbonyl (C=O) groups is 3. The van der Waals surface area contributed by atoms with Gasteiger partial charge in [-0.2, -0.15) is 0 Å². The molecule has 8 heteroatoms. The van der Waals surface area contributed by atoms with Gasteiger partial charge >= 0.3 is 5.97 Å². The van der Waals surface area contributed by atoms with Gasteiger partial charge in [-0.05, 0) is 29.8 Å². The molecule has 3 rings (SSSR count). The van der Waals surface area contributed by atoms with E-state index < -0.39 is 12.0 Å². The average Bonchev–Trinajstić information content (AvgIpc) is 2.77. The summed E-state index contributed by atoms with van der Waals surface area (Å²) >= 11 is 0. The highest BCUT2D eigenvalue weighted by molar-refractivity contribution is 5.90. The van der Waals surface area contributed by atoms with Crippen molar-refractivity contribution >= 4 is 17.8 Å². The Balaban J connectivity index is 1.67. The van der Waals surface area contributed by atoms with Crippen molar-refractivity contribution < 1.29 is 23.9 Å². The van der Waals surface area contributed by atoms with Crippen molar-refractivity contribution in [2.45, 2.75) is 19.0 Å². The highest BCUT2D eigenvalue weighted by Gasteiger charge is 2.32. The maximum Gasteiger partial charge on any atom is 0.325 e. The quantitative estimate of drug-likeness (QED) is 0.649. The maximum atomic E-state index is 12.6. The largest absolute Gasteiger partial charge is 0.468 e. The second-order valence-electron chi connectivity index (χ2n) is 7.37. The number of amides is 2. The third-order valence-corrected chi connectivity index (χ3v) is 5.09. The van der Waals surface area contributed by atoms with Gasteiger partial charge in [0.1, 0.15) is 18.0 Å². The van der Waals surface area contributed by atoms with Crippen LogP contribution in [0.5, 0.6) is 11.5 Å². The van der Waals surface area contributed by atoms with Gasteiger partial charge in [-0.3, -0.25) is 19.3 Å². The zero-order chi connectivity index (χ0) is 22.2. The number of para-hydroxylation sites is 1. The lowest BCUT2D eigenvalue weighted by molar-refractivity contribution is -0.147. The van der Waals surface area contributed by atoms with Crippen LogP contribution >= 0.6 is 0 Å². The Bertz CT molecular complexity index is 918. The van der Waals surface area contributed by atoms with Gasteiger partial charge in [-0.15, -0.1) is 0 Å². The lowest BCUT2D eigenvalue weighted by Gasteiger charge is -2.35. The molecule has 1 fully saturated rings. The average molecular weight is 425 g/mol. The number of hydrogen-bond donors (Lipinski definition) is 1. The first-order valence-electron chi connectivity index (χ1n) is 10.1. The Morgan fingerprint density at radius 3 is 2.61 bits per heavy atom. The molecular weight excluding hydrogens is 398 g/mol. The number of hydrogen-bond acceptors (Lipinski definition) is 6. The summed E-state index contributed by atoms with van der Waals surface area (Å²) in [6, 6.07) is 16.6. The molecule has 0 bridgehead atoms. The Kier molecular flexibility index (Phi) is 7.61. The highest BCUT2D eigenvalue weighted by Crippen LogP contribution is 2.23. The molecule has 1 aliphatic rings. The van der Waals surface area contributed by atoms with Crippen LogP contribution in [0.1, 0.15) is 12.0 Å². The number of piperazine rings is 1. The summed E-state index contributed by atoms with van der Waals surface area (Å²) in [5.41, 5.74) is 0.975. The van der Waals surface area contributed by atoms with Crippen LogP contribution in [0.2, 0.25) is 0 Å². The minimum Gasteiger partial charge on any atom is -0.468 e.